The lowest BCUT2D eigenvalue weighted by atomic mass is 10.1. The molecule has 3 rings (SSSR count). The van der Waals surface area contributed by atoms with Crippen molar-refractivity contribution in [1.82, 2.24) is 15.2 Å². The molecular weight excluding hydrogens is 334 g/mol. The van der Waals surface area contributed by atoms with Crippen molar-refractivity contribution in [2.75, 3.05) is 17.7 Å². The minimum atomic E-state index is -0.370. The highest BCUT2D eigenvalue weighted by Crippen LogP contribution is 2.19. The van der Waals surface area contributed by atoms with Gasteiger partial charge in [0.1, 0.15) is 5.75 Å². The zero-order chi connectivity index (χ0) is 18.5. The smallest absolute Gasteiger partial charge is 0.279 e. The number of methoxy groups -OCH3 is 1. The van der Waals surface area contributed by atoms with Crippen molar-refractivity contribution in [3.05, 3.63) is 58.9 Å². The minimum absolute atomic E-state index is 0.167. The molecular formula is C18H17N5O3. The maximum atomic E-state index is 12.3. The highest BCUT2D eigenvalue weighted by Gasteiger charge is 2.08. The molecule has 0 spiro atoms. The van der Waals surface area contributed by atoms with Crippen molar-refractivity contribution in [3.63, 3.8) is 0 Å². The monoisotopic (exact) mass is 351 g/mol. The SMILES string of the molecule is COc1ccc(-c2nnc(Nc3cccc(NC(C)=O)c3)[nH]c2=O)cc1. The molecule has 0 saturated carbocycles. The van der Waals surface area contributed by atoms with Gasteiger partial charge in [-0.1, -0.05) is 6.07 Å². The van der Waals surface area contributed by atoms with Crippen LogP contribution in [0.1, 0.15) is 6.92 Å². The molecule has 1 amide bonds. The molecule has 132 valence electrons. The molecule has 0 aliphatic heterocycles. The summed E-state index contributed by atoms with van der Waals surface area (Å²) < 4.78 is 5.10. The predicted octanol–water partition coefficient (Wildman–Crippen LogP) is 2.54. The Kier molecular flexibility index (Phi) is 4.93. The number of anilines is 3. The lowest BCUT2D eigenvalue weighted by Gasteiger charge is -2.08. The van der Waals surface area contributed by atoms with Gasteiger partial charge >= 0.3 is 0 Å². The predicted molar refractivity (Wildman–Crippen MR) is 98.7 cm³/mol. The minimum Gasteiger partial charge on any atom is -0.497 e. The number of ether oxygens (including phenoxy) is 1. The second-order valence-electron chi connectivity index (χ2n) is 5.47. The van der Waals surface area contributed by atoms with E-state index in [0.717, 1.165) is 0 Å². The van der Waals surface area contributed by atoms with Crippen molar-refractivity contribution in [2.45, 2.75) is 6.92 Å². The van der Waals surface area contributed by atoms with Crippen LogP contribution < -0.4 is 20.9 Å². The molecule has 0 unspecified atom stereocenters. The first kappa shape index (κ1) is 17.2. The van der Waals surface area contributed by atoms with E-state index in [4.69, 9.17) is 4.74 Å². The third-order valence-electron chi connectivity index (χ3n) is 3.51. The third kappa shape index (κ3) is 4.04. The number of hydrogen-bond acceptors (Lipinski definition) is 6. The van der Waals surface area contributed by atoms with E-state index in [-0.39, 0.29) is 23.1 Å². The van der Waals surface area contributed by atoms with E-state index in [1.807, 2.05) is 0 Å². The Morgan fingerprint density at radius 1 is 1.08 bits per heavy atom. The number of amides is 1. The Hall–Kier alpha value is -3.68. The molecule has 26 heavy (non-hydrogen) atoms. The number of nitrogens with one attached hydrogen (secondary N) is 3. The summed E-state index contributed by atoms with van der Waals surface area (Å²) >= 11 is 0. The van der Waals surface area contributed by atoms with Gasteiger partial charge in [0.15, 0.2) is 5.69 Å². The fourth-order valence-corrected chi connectivity index (χ4v) is 2.35. The Bertz CT molecular complexity index is 983. The molecule has 1 aromatic heterocycles. The van der Waals surface area contributed by atoms with Crippen LogP contribution in [0.3, 0.4) is 0 Å². The van der Waals surface area contributed by atoms with Crippen molar-refractivity contribution < 1.29 is 9.53 Å². The second kappa shape index (κ2) is 7.47. The maximum Gasteiger partial charge on any atom is 0.279 e. The highest BCUT2D eigenvalue weighted by molar-refractivity contribution is 5.89. The van der Waals surface area contributed by atoms with Gasteiger partial charge in [-0.25, -0.2) is 0 Å². The lowest BCUT2D eigenvalue weighted by Crippen LogP contribution is -2.15. The number of aromatic nitrogens is 3. The third-order valence-corrected chi connectivity index (χ3v) is 3.51. The fourth-order valence-electron chi connectivity index (χ4n) is 2.35. The first-order chi connectivity index (χ1) is 12.5. The number of aromatic amines is 1. The van der Waals surface area contributed by atoms with Crippen LogP contribution in [0.25, 0.3) is 11.3 Å². The average Bonchev–Trinajstić information content (AvgIpc) is 2.62. The summed E-state index contributed by atoms with van der Waals surface area (Å²) in [4.78, 5) is 26.1. The van der Waals surface area contributed by atoms with E-state index in [9.17, 15) is 9.59 Å². The van der Waals surface area contributed by atoms with Gasteiger partial charge in [0.2, 0.25) is 11.9 Å². The van der Waals surface area contributed by atoms with Crippen molar-refractivity contribution in [2.24, 2.45) is 0 Å². The maximum absolute atomic E-state index is 12.3. The van der Waals surface area contributed by atoms with E-state index >= 15 is 0 Å². The van der Waals surface area contributed by atoms with Gasteiger partial charge in [-0.2, -0.15) is 0 Å². The average molecular weight is 351 g/mol. The molecule has 1 heterocycles. The Balaban J connectivity index is 1.81. The summed E-state index contributed by atoms with van der Waals surface area (Å²) in [6.07, 6.45) is 0. The lowest BCUT2D eigenvalue weighted by molar-refractivity contribution is -0.114. The van der Waals surface area contributed by atoms with Crippen LogP contribution in [0, 0.1) is 0 Å². The molecule has 0 aliphatic carbocycles. The molecule has 0 bridgehead atoms. The van der Waals surface area contributed by atoms with Crippen LogP contribution in [-0.4, -0.2) is 28.2 Å². The summed E-state index contributed by atoms with van der Waals surface area (Å²) in [6, 6.07) is 14.0. The molecule has 3 N–H and O–H groups in total. The van der Waals surface area contributed by atoms with Gasteiger partial charge in [-0.05, 0) is 42.5 Å². The number of rotatable bonds is 5. The number of carbonyl (C=O) groups excluding carboxylic acids is 1. The quantitative estimate of drug-likeness (QED) is 0.652. The molecule has 0 saturated heterocycles. The number of hydrogen-bond donors (Lipinski definition) is 3. The van der Waals surface area contributed by atoms with Gasteiger partial charge in [-0.3, -0.25) is 14.6 Å². The molecule has 0 fully saturated rings. The van der Waals surface area contributed by atoms with E-state index in [1.54, 1.807) is 55.6 Å². The van der Waals surface area contributed by atoms with E-state index in [1.165, 1.54) is 6.92 Å². The summed E-state index contributed by atoms with van der Waals surface area (Å²) in [7, 11) is 1.57. The zero-order valence-electron chi connectivity index (χ0n) is 14.2. The molecule has 0 atom stereocenters. The molecule has 3 aromatic rings. The summed E-state index contributed by atoms with van der Waals surface area (Å²) in [5.74, 6) is 0.724. The molecule has 2 aromatic carbocycles. The van der Waals surface area contributed by atoms with Gasteiger partial charge in [-0.15, -0.1) is 10.2 Å². The van der Waals surface area contributed by atoms with E-state index in [2.05, 4.69) is 25.8 Å². The van der Waals surface area contributed by atoms with Crippen LogP contribution in [0.5, 0.6) is 5.75 Å². The number of nitrogens with zero attached hydrogens (tertiary/aromatic N) is 2. The molecule has 0 aliphatic rings. The summed E-state index contributed by atoms with van der Waals surface area (Å²) in [5.41, 5.74) is 1.76. The first-order valence-corrected chi connectivity index (χ1v) is 7.81. The van der Waals surface area contributed by atoms with Crippen LogP contribution >= 0.6 is 0 Å². The summed E-state index contributed by atoms with van der Waals surface area (Å²) in [6.45, 7) is 1.43. The fraction of sp³-hybridized carbons (Fsp3) is 0.111. The first-order valence-electron chi connectivity index (χ1n) is 7.81. The number of H-pyrrole nitrogens is 1. The summed E-state index contributed by atoms with van der Waals surface area (Å²) in [5, 5.41) is 13.7. The van der Waals surface area contributed by atoms with E-state index in [0.29, 0.717) is 22.7 Å². The Labute approximate surface area is 149 Å². The topological polar surface area (TPSA) is 109 Å². The van der Waals surface area contributed by atoms with Crippen LogP contribution in [0.4, 0.5) is 17.3 Å². The Morgan fingerprint density at radius 2 is 1.81 bits per heavy atom. The number of benzene rings is 2. The van der Waals surface area contributed by atoms with Gasteiger partial charge < -0.3 is 15.4 Å². The standard InChI is InChI=1S/C18H17N5O3/c1-11(24)19-13-4-3-5-14(10-13)20-18-21-17(25)16(22-23-18)12-6-8-15(26-2)9-7-12/h3-10H,1-2H3,(H,19,24)(H2,20,21,23,25). The van der Waals surface area contributed by atoms with Crippen molar-refractivity contribution >= 4 is 23.2 Å². The van der Waals surface area contributed by atoms with Crippen molar-refractivity contribution in [3.8, 4) is 17.0 Å². The normalized spacial score (nSPS) is 10.2. The zero-order valence-corrected chi connectivity index (χ0v) is 14.2. The van der Waals surface area contributed by atoms with Crippen LogP contribution in [-0.2, 0) is 4.79 Å². The van der Waals surface area contributed by atoms with E-state index < -0.39 is 0 Å². The van der Waals surface area contributed by atoms with Gasteiger partial charge in [0.05, 0.1) is 7.11 Å². The molecule has 8 nitrogen and oxygen atoms in total. The molecule has 0 radical (unpaired) electrons. The van der Waals surface area contributed by atoms with Gasteiger partial charge in [0, 0.05) is 23.9 Å². The molecule has 8 heteroatoms. The largest absolute Gasteiger partial charge is 0.497 e. The van der Waals surface area contributed by atoms with Crippen LogP contribution in [0.15, 0.2) is 53.3 Å². The highest BCUT2D eigenvalue weighted by atomic mass is 16.5. The van der Waals surface area contributed by atoms with Gasteiger partial charge in [0.25, 0.3) is 5.56 Å². The Morgan fingerprint density at radius 3 is 2.46 bits per heavy atom. The van der Waals surface area contributed by atoms with Crippen LogP contribution in [0.2, 0.25) is 0 Å². The number of carbonyl (C=O) groups is 1. The van der Waals surface area contributed by atoms with Crippen molar-refractivity contribution in [1.29, 1.82) is 0 Å². The second-order valence-corrected chi connectivity index (χ2v) is 5.47.